The Kier molecular flexibility index (Phi) is 7.77. The van der Waals surface area contributed by atoms with Gasteiger partial charge in [-0.2, -0.15) is 20.5 Å². The SMILES string of the molecule is O=C(/C=C/c1ccc(OC(F)F)cc1)NCCSCc1cccs1. The summed E-state index contributed by atoms with van der Waals surface area (Å²) in [6.45, 7) is -2.24. The van der Waals surface area contributed by atoms with E-state index in [1.165, 1.54) is 23.1 Å². The Hall–Kier alpha value is -1.86. The number of thioether (sulfide) groups is 1. The van der Waals surface area contributed by atoms with Crippen LogP contribution >= 0.6 is 23.1 Å². The van der Waals surface area contributed by atoms with Gasteiger partial charge in [0.2, 0.25) is 5.91 Å². The Morgan fingerprint density at radius 2 is 2.08 bits per heavy atom. The van der Waals surface area contributed by atoms with E-state index in [0.717, 1.165) is 17.1 Å². The summed E-state index contributed by atoms with van der Waals surface area (Å²) in [4.78, 5) is 13.0. The molecule has 1 heterocycles. The summed E-state index contributed by atoms with van der Waals surface area (Å²) >= 11 is 3.50. The molecule has 128 valence electrons. The van der Waals surface area contributed by atoms with Gasteiger partial charge in [-0.15, -0.1) is 11.3 Å². The first kappa shape index (κ1) is 18.5. The van der Waals surface area contributed by atoms with E-state index < -0.39 is 6.61 Å². The number of carbonyl (C=O) groups excluding carboxylic acids is 1. The van der Waals surface area contributed by atoms with E-state index in [4.69, 9.17) is 0 Å². The summed E-state index contributed by atoms with van der Waals surface area (Å²) in [6.07, 6.45) is 3.05. The number of nitrogens with one attached hydrogen (secondary N) is 1. The van der Waals surface area contributed by atoms with Crippen LogP contribution in [0, 0.1) is 0 Å². The molecule has 0 unspecified atom stereocenters. The number of amides is 1. The second-order valence-electron chi connectivity index (χ2n) is 4.70. The molecule has 1 N–H and O–H groups in total. The van der Waals surface area contributed by atoms with Crippen molar-refractivity contribution in [3.05, 3.63) is 58.3 Å². The van der Waals surface area contributed by atoms with E-state index in [1.54, 1.807) is 41.3 Å². The lowest BCUT2D eigenvalue weighted by Gasteiger charge is -2.04. The van der Waals surface area contributed by atoms with Crippen molar-refractivity contribution in [3.63, 3.8) is 0 Å². The lowest BCUT2D eigenvalue weighted by atomic mass is 10.2. The number of hydrogen-bond acceptors (Lipinski definition) is 4. The third-order valence-corrected chi connectivity index (χ3v) is 4.97. The molecule has 3 nitrogen and oxygen atoms in total. The molecule has 0 bridgehead atoms. The molecule has 0 atom stereocenters. The zero-order valence-electron chi connectivity index (χ0n) is 12.8. The molecule has 0 spiro atoms. The Morgan fingerprint density at radius 1 is 1.29 bits per heavy atom. The maximum absolute atomic E-state index is 12.0. The molecular weight excluding hydrogens is 352 g/mol. The van der Waals surface area contributed by atoms with Crippen LogP contribution in [0.4, 0.5) is 8.78 Å². The third-order valence-electron chi connectivity index (χ3n) is 2.90. The average Bonchev–Trinajstić information content (AvgIpc) is 3.07. The normalized spacial score (nSPS) is 11.1. The minimum Gasteiger partial charge on any atom is -0.435 e. The highest BCUT2D eigenvalue weighted by Crippen LogP contribution is 2.17. The molecule has 1 amide bonds. The van der Waals surface area contributed by atoms with Crippen LogP contribution < -0.4 is 10.1 Å². The number of hydrogen-bond donors (Lipinski definition) is 1. The van der Waals surface area contributed by atoms with Crippen molar-refractivity contribution in [1.82, 2.24) is 5.32 Å². The van der Waals surface area contributed by atoms with Crippen molar-refractivity contribution in [1.29, 1.82) is 0 Å². The van der Waals surface area contributed by atoms with E-state index in [1.807, 2.05) is 6.07 Å². The van der Waals surface area contributed by atoms with E-state index in [2.05, 4.69) is 21.5 Å². The molecule has 0 aliphatic carbocycles. The maximum Gasteiger partial charge on any atom is 0.387 e. The molecule has 0 fully saturated rings. The molecule has 1 aromatic carbocycles. The van der Waals surface area contributed by atoms with Crippen molar-refractivity contribution < 1.29 is 18.3 Å². The van der Waals surface area contributed by atoms with Gasteiger partial charge in [-0.3, -0.25) is 4.79 Å². The molecule has 0 aliphatic heterocycles. The van der Waals surface area contributed by atoms with Gasteiger partial charge in [-0.1, -0.05) is 18.2 Å². The molecule has 1 aromatic heterocycles. The highest BCUT2D eigenvalue weighted by Gasteiger charge is 2.03. The molecule has 0 saturated carbocycles. The van der Waals surface area contributed by atoms with Crippen molar-refractivity contribution in [2.75, 3.05) is 12.3 Å². The summed E-state index contributed by atoms with van der Waals surface area (Å²) in [6, 6.07) is 10.2. The van der Waals surface area contributed by atoms with Gasteiger partial charge in [0.1, 0.15) is 5.75 Å². The summed E-state index contributed by atoms with van der Waals surface area (Å²) in [5.74, 6) is 1.71. The summed E-state index contributed by atoms with van der Waals surface area (Å²) in [5.41, 5.74) is 0.735. The van der Waals surface area contributed by atoms with Crippen LogP contribution in [0.15, 0.2) is 47.9 Å². The van der Waals surface area contributed by atoms with Crippen LogP contribution in [0.5, 0.6) is 5.75 Å². The summed E-state index contributed by atoms with van der Waals surface area (Å²) in [5, 5.41) is 4.85. The number of alkyl halides is 2. The highest BCUT2D eigenvalue weighted by atomic mass is 32.2. The largest absolute Gasteiger partial charge is 0.435 e. The van der Waals surface area contributed by atoms with Crippen LogP contribution in [-0.2, 0) is 10.5 Å². The van der Waals surface area contributed by atoms with E-state index in [-0.39, 0.29) is 11.7 Å². The fourth-order valence-electron chi connectivity index (χ4n) is 1.81. The third kappa shape index (κ3) is 7.14. The topological polar surface area (TPSA) is 38.3 Å². The molecule has 0 saturated heterocycles. The molecule has 7 heteroatoms. The molecular formula is C17H17F2NO2S2. The molecule has 2 rings (SSSR count). The maximum atomic E-state index is 12.0. The number of halogens is 2. The summed E-state index contributed by atoms with van der Waals surface area (Å²) < 4.78 is 28.3. The number of carbonyl (C=O) groups is 1. The van der Waals surface area contributed by atoms with Crippen molar-refractivity contribution in [2.45, 2.75) is 12.4 Å². The van der Waals surface area contributed by atoms with Gasteiger partial charge < -0.3 is 10.1 Å². The zero-order valence-corrected chi connectivity index (χ0v) is 14.4. The first-order valence-corrected chi connectivity index (χ1v) is 9.28. The van der Waals surface area contributed by atoms with Gasteiger partial charge in [0, 0.05) is 29.0 Å². The number of thiophene rings is 1. The Balaban J connectivity index is 1.65. The number of ether oxygens (including phenoxy) is 1. The predicted molar refractivity (Wildman–Crippen MR) is 95.6 cm³/mol. The van der Waals surface area contributed by atoms with Gasteiger partial charge in [0.05, 0.1) is 0 Å². The summed E-state index contributed by atoms with van der Waals surface area (Å²) in [7, 11) is 0. The van der Waals surface area contributed by atoms with Gasteiger partial charge >= 0.3 is 6.61 Å². The quantitative estimate of drug-likeness (QED) is 0.525. The predicted octanol–water partition coefficient (Wildman–Crippen LogP) is 4.41. The minimum absolute atomic E-state index is 0.0920. The lowest BCUT2D eigenvalue weighted by Crippen LogP contribution is -2.23. The molecule has 2 aromatic rings. The second-order valence-corrected chi connectivity index (χ2v) is 6.84. The lowest BCUT2D eigenvalue weighted by molar-refractivity contribution is -0.116. The number of rotatable bonds is 9. The van der Waals surface area contributed by atoms with Gasteiger partial charge in [-0.25, -0.2) is 0 Å². The average molecular weight is 369 g/mol. The highest BCUT2D eigenvalue weighted by molar-refractivity contribution is 7.98. The van der Waals surface area contributed by atoms with Crippen LogP contribution in [0.2, 0.25) is 0 Å². The van der Waals surface area contributed by atoms with Gasteiger partial charge in [0.25, 0.3) is 0 Å². The minimum atomic E-state index is -2.84. The van der Waals surface area contributed by atoms with E-state index in [9.17, 15) is 13.6 Å². The van der Waals surface area contributed by atoms with Crippen LogP contribution in [0.3, 0.4) is 0 Å². The van der Waals surface area contributed by atoms with Crippen LogP contribution in [-0.4, -0.2) is 24.8 Å². The van der Waals surface area contributed by atoms with Crippen LogP contribution in [0.1, 0.15) is 10.4 Å². The van der Waals surface area contributed by atoms with Crippen molar-refractivity contribution in [2.24, 2.45) is 0 Å². The number of benzene rings is 1. The van der Waals surface area contributed by atoms with Crippen molar-refractivity contribution in [3.8, 4) is 5.75 Å². The fraction of sp³-hybridized carbons (Fsp3) is 0.235. The van der Waals surface area contributed by atoms with Crippen molar-refractivity contribution >= 4 is 35.1 Å². The van der Waals surface area contributed by atoms with Gasteiger partial charge in [0.15, 0.2) is 0 Å². The second kappa shape index (κ2) is 10.1. The first-order valence-electron chi connectivity index (χ1n) is 7.24. The molecule has 0 radical (unpaired) electrons. The Labute approximate surface area is 147 Å². The Bertz CT molecular complexity index is 643. The molecule has 24 heavy (non-hydrogen) atoms. The Morgan fingerprint density at radius 3 is 2.75 bits per heavy atom. The fourth-order valence-corrected chi connectivity index (χ4v) is 3.50. The smallest absolute Gasteiger partial charge is 0.387 e. The van der Waals surface area contributed by atoms with Crippen LogP contribution in [0.25, 0.3) is 6.08 Å². The standard InChI is InChI=1S/C17H17F2NO2S2/c18-17(19)22-14-6-3-13(4-7-14)5-8-16(21)20-9-11-23-12-15-2-1-10-24-15/h1-8,10,17H,9,11-12H2,(H,20,21)/b8-5+. The van der Waals surface area contributed by atoms with E-state index in [0.29, 0.717) is 6.54 Å². The first-order chi connectivity index (χ1) is 11.6. The zero-order chi connectivity index (χ0) is 17.2. The van der Waals surface area contributed by atoms with E-state index >= 15 is 0 Å². The molecule has 0 aliphatic rings. The monoisotopic (exact) mass is 369 g/mol. The van der Waals surface area contributed by atoms with Gasteiger partial charge in [-0.05, 0) is 35.2 Å².